The van der Waals surface area contributed by atoms with Gasteiger partial charge < -0.3 is 5.43 Å². The summed E-state index contributed by atoms with van der Waals surface area (Å²) in [6.07, 6.45) is 2.27. The third-order valence-electron chi connectivity index (χ3n) is 1.60. The summed E-state index contributed by atoms with van der Waals surface area (Å²) in [5, 5.41) is 4.36. The van der Waals surface area contributed by atoms with Crippen molar-refractivity contribution in [2.24, 2.45) is 5.10 Å². The maximum Gasteiger partial charge on any atom is 0.219 e. The minimum absolute atomic E-state index is 0.416. The molecule has 0 bridgehead atoms. The summed E-state index contributed by atoms with van der Waals surface area (Å²) in [5.41, 5.74) is 3.89. The van der Waals surface area contributed by atoms with Crippen LogP contribution in [0.5, 0.6) is 0 Å². The number of nitrogens with zero attached hydrogens (tertiary/aromatic N) is 2. The van der Waals surface area contributed by atoms with Crippen LogP contribution in [0.1, 0.15) is 5.56 Å². The van der Waals surface area contributed by atoms with Gasteiger partial charge in [0.2, 0.25) is 6.41 Å². The maximum absolute atomic E-state index is 10.6. The maximum atomic E-state index is 10.6. The van der Waals surface area contributed by atoms with Crippen LogP contribution in [0.2, 0.25) is 5.02 Å². The number of hydrogen-bond acceptors (Lipinski definition) is 3. The molecule has 0 spiro atoms. The highest BCUT2D eigenvalue weighted by Gasteiger charge is 2.01. The van der Waals surface area contributed by atoms with Gasteiger partial charge >= 0.3 is 0 Å². The topological polar surface area (TPSA) is 46.4 Å². The molecule has 0 saturated carbocycles. The van der Waals surface area contributed by atoms with Crippen molar-refractivity contribution >= 4 is 18.0 Å². The van der Waals surface area contributed by atoms with E-state index in [1.54, 1.807) is 19.3 Å². The molecule has 0 aliphatic carbocycles. The zero-order chi connectivity index (χ0) is 9.84. The van der Waals surface area contributed by atoms with Gasteiger partial charge in [-0.25, -0.2) is 0 Å². The molecule has 1 aromatic heterocycles. The number of halogens is 1. The van der Waals surface area contributed by atoms with E-state index >= 15 is 0 Å². The van der Waals surface area contributed by atoms with Crippen LogP contribution in [0.4, 0.5) is 0 Å². The first kappa shape index (κ1) is 9.80. The minimum atomic E-state index is 0.416. The highest BCUT2D eigenvalue weighted by atomic mass is 35.5. The SMILES string of the molecule is CN/N=c1/c(Cl)c(C)ccn1C=O. The molecule has 1 aromatic rings. The lowest BCUT2D eigenvalue weighted by Gasteiger charge is -2.02. The largest absolute Gasteiger partial charge is 0.311 e. The average molecular weight is 200 g/mol. The van der Waals surface area contributed by atoms with E-state index in [0.717, 1.165) is 5.56 Å². The smallest absolute Gasteiger partial charge is 0.219 e. The molecule has 4 nitrogen and oxygen atoms in total. The van der Waals surface area contributed by atoms with Crippen LogP contribution in [0.25, 0.3) is 0 Å². The van der Waals surface area contributed by atoms with Crippen molar-refractivity contribution in [3.05, 3.63) is 28.3 Å². The van der Waals surface area contributed by atoms with E-state index in [0.29, 0.717) is 16.9 Å². The number of carbonyl (C=O) groups is 1. The second-order valence-corrected chi connectivity index (χ2v) is 2.86. The van der Waals surface area contributed by atoms with E-state index < -0.39 is 0 Å². The number of aromatic nitrogens is 1. The van der Waals surface area contributed by atoms with E-state index in [1.807, 2.05) is 6.92 Å². The van der Waals surface area contributed by atoms with Gasteiger partial charge in [0.05, 0.1) is 5.02 Å². The van der Waals surface area contributed by atoms with Crippen molar-refractivity contribution < 1.29 is 4.79 Å². The third-order valence-corrected chi connectivity index (χ3v) is 2.07. The Labute approximate surface area is 80.8 Å². The van der Waals surface area contributed by atoms with E-state index in [4.69, 9.17) is 11.6 Å². The van der Waals surface area contributed by atoms with Crippen LogP contribution >= 0.6 is 11.6 Å². The molecule has 1 N–H and O–H groups in total. The van der Waals surface area contributed by atoms with Gasteiger partial charge in [-0.05, 0) is 18.6 Å². The van der Waals surface area contributed by atoms with Crippen LogP contribution in [0.3, 0.4) is 0 Å². The number of aryl methyl sites for hydroxylation is 1. The van der Waals surface area contributed by atoms with Crippen molar-refractivity contribution in [3.8, 4) is 0 Å². The fourth-order valence-corrected chi connectivity index (χ4v) is 1.13. The van der Waals surface area contributed by atoms with Gasteiger partial charge in [-0.3, -0.25) is 9.36 Å². The fourth-order valence-electron chi connectivity index (χ4n) is 0.923. The van der Waals surface area contributed by atoms with Crippen LogP contribution in [0, 0.1) is 6.92 Å². The molecule has 1 heterocycles. The summed E-state index contributed by atoms with van der Waals surface area (Å²) in [4.78, 5) is 10.6. The minimum Gasteiger partial charge on any atom is -0.311 e. The molecule has 0 aromatic carbocycles. The zero-order valence-corrected chi connectivity index (χ0v) is 8.17. The average Bonchev–Trinajstić information content (AvgIpc) is 2.14. The Hall–Kier alpha value is -1.29. The van der Waals surface area contributed by atoms with E-state index in [2.05, 4.69) is 10.5 Å². The Bertz CT molecular complexity index is 383. The van der Waals surface area contributed by atoms with E-state index in [9.17, 15) is 4.79 Å². The first-order valence-corrected chi connectivity index (χ1v) is 4.11. The molecule has 0 unspecified atom stereocenters. The van der Waals surface area contributed by atoms with Crippen molar-refractivity contribution in [3.63, 3.8) is 0 Å². The van der Waals surface area contributed by atoms with Crippen molar-refractivity contribution in [2.75, 3.05) is 7.05 Å². The summed E-state index contributed by atoms with van der Waals surface area (Å²) in [6, 6.07) is 1.76. The fraction of sp³-hybridized carbons (Fsp3) is 0.250. The summed E-state index contributed by atoms with van der Waals surface area (Å²) in [6.45, 7) is 1.85. The highest BCUT2D eigenvalue weighted by molar-refractivity contribution is 6.31. The van der Waals surface area contributed by atoms with Gasteiger partial charge in [-0.2, -0.15) is 5.10 Å². The quantitative estimate of drug-likeness (QED) is 0.558. The molecular weight excluding hydrogens is 190 g/mol. The summed E-state index contributed by atoms with van der Waals surface area (Å²) >= 11 is 5.94. The van der Waals surface area contributed by atoms with Gasteiger partial charge in [0, 0.05) is 13.2 Å². The van der Waals surface area contributed by atoms with E-state index in [1.165, 1.54) is 4.57 Å². The molecule has 0 radical (unpaired) electrons. The molecule has 0 aliphatic rings. The van der Waals surface area contributed by atoms with Gasteiger partial charge in [-0.15, -0.1) is 0 Å². The Morgan fingerprint density at radius 3 is 2.92 bits per heavy atom. The summed E-state index contributed by atoms with van der Waals surface area (Å²) in [5.74, 6) is 0. The molecule has 5 heteroatoms. The first-order chi connectivity index (χ1) is 6.20. The highest BCUT2D eigenvalue weighted by Crippen LogP contribution is 2.07. The molecular formula is C8H10ClN3O. The number of hydrogen-bond donors (Lipinski definition) is 1. The lowest BCUT2D eigenvalue weighted by Crippen LogP contribution is -2.24. The molecule has 0 aliphatic heterocycles. The molecule has 70 valence electrons. The monoisotopic (exact) mass is 199 g/mol. The predicted octanol–water partition coefficient (Wildman–Crippen LogP) is 0.523. The summed E-state index contributed by atoms with van der Waals surface area (Å²) < 4.78 is 1.31. The molecule has 0 atom stereocenters. The van der Waals surface area contributed by atoms with Crippen molar-refractivity contribution in [2.45, 2.75) is 6.92 Å². The number of nitrogens with one attached hydrogen (secondary N) is 1. The van der Waals surface area contributed by atoms with Gasteiger partial charge in [-0.1, -0.05) is 11.6 Å². The Morgan fingerprint density at radius 2 is 2.38 bits per heavy atom. The van der Waals surface area contributed by atoms with Gasteiger partial charge in [0.25, 0.3) is 0 Å². The van der Waals surface area contributed by atoms with Crippen LogP contribution in [0.15, 0.2) is 17.4 Å². The molecule has 0 fully saturated rings. The number of rotatable bonds is 2. The lowest BCUT2D eigenvalue weighted by molar-refractivity contribution is 0.544. The zero-order valence-electron chi connectivity index (χ0n) is 7.41. The number of pyridine rings is 1. The Balaban J connectivity index is 3.50. The van der Waals surface area contributed by atoms with Crippen molar-refractivity contribution in [1.82, 2.24) is 9.99 Å². The van der Waals surface area contributed by atoms with Gasteiger partial charge in [0.1, 0.15) is 0 Å². The lowest BCUT2D eigenvalue weighted by atomic mass is 10.3. The van der Waals surface area contributed by atoms with Crippen LogP contribution in [-0.4, -0.2) is 18.0 Å². The Morgan fingerprint density at radius 1 is 1.69 bits per heavy atom. The van der Waals surface area contributed by atoms with E-state index in [-0.39, 0.29) is 0 Å². The first-order valence-electron chi connectivity index (χ1n) is 3.73. The molecule has 13 heavy (non-hydrogen) atoms. The Kier molecular flexibility index (Phi) is 3.08. The predicted molar refractivity (Wildman–Crippen MR) is 51.0 cm³/mol. The second kappa shape index (κ2) is 4.09. The third kappa shape index (κ3) is 1.89. The molecule has 1 rings (SSSR count). The standard InChI is InChI=1S/C8H10ClN3O/c1-6-3-4-12(5-13)8(7(6)9)11-10-2/h3-5,10H,1-2H3/b11-8-. The number of carbonyl (C=O) groups excluding carboxylic acids is 1. The molecule has 0 saturated heterocycles. The normalized spacial score (nSPS) is 11.5. The summed E-state index contributed by atoms with van der Waals surface area (Å²) in [7, 11) is 1.65. The second-order valence-electron chi connectivity index (χ2n) is 2.48. The van der Waals surface area contributed by atoms with Gasteiger partial charge in [0.15, 0.2) is 5.49 Å². The van der Waals surface area contributed by atoms with Crippen LogP contribution < -0.4 is 10.9 Å². The van der Waals surface area contributed by atoms with Crippen molar-refractivity contribution in [1.29, 1.82) is 0 Å². The van der Waals surface area contributed by atoms with Crippen LogP contribution in [-0.2, 0) is 4.79 Å². The molecule has 0 amide bonds.